The number of hydrogen-bond acceptors (Lipinski definition) is 6. The van der Waals surface area contributed by atoms with Crippen LogP contribution in [-0.2, 0) is 4.79 Å². The minimum Gasteiger partial charge on any atom is -0.311 e. The van der Waals surface area contributed by atoms with Gasteiger partial charge in [0, 0.05) is 36.9 Å². The molecule has 2 fully saturated rings. The van der Waals surface area contributed by atoms with E-state index in [1.165, 1.54) is 0 Å². The summed E-state index contributed by atoms with van der Waals surface area (Å²) in [5, 5.41) is 12.6. The molecule has 2 aromatic heterocycles. The summed E-state index contributed by atoms with van der Waals surface area (Å²) in [7, 11) is 0. The van der Waals surface area contributed by atoms with Crippen LogP contribution in [-0.4, -0.2) is 27.4 Å². The highest BCUT2D eigenvalue weighted by Crippen LogP contribution is 2.51. The summed E-state index contributed by atoms with van der Waals surface area (Å²) < 4.78 is 0. The Balaban J connectivity index is 1.58. The predicted octanol–water partition coefficient (Wildman–Crippen LogP) is 2.27. The molecule has 2 aliphatic rings. The molecule has 24 heavy (non-hydrogen) atoms. The smallest absolute Gasteiger partial charge is 0.247 e. The van der Waals surface area contributed by atoms with Gasteiger partial charge < -0.3 is 10.2 Å². The lowest BCUT2D eigenvalue weighted by atomic mass is 9.83. The fraction of sp³-hybridized carbons (Fsp3) is 0.353. The molecule has 1 saturated heterocycles. The van der Waals surface area contributed by atoms with Crippen molar-refractivity contribution in [2.75, 3.05) is 16.8 Å². The molecule has 0 unspecified atom stereocenters. The van der Waals surface area contributed by atoms with Crippen molar-refractivity contribution in [3.8, 4) is 6.07 Å². The van der Waals surface area contributed by atoms with Crippen LogP contribution >= 0.6 is 0 Å². The molecule has 3 heterocycles. The molecular formula is C17H16N6O. The van der Waals surface area contributed by atoms with Crippen molar-refractivity contribution in [2.24, 2.45) is 11.3 Å². The molecular weight excluding hydrogens is 304 g/mol. The molecule has 7 nitrogen and oxygen atoms in total. The van der Waals surface area contributed by atoms with E-state index >= 15 is 0 Å². The summed E-state index contributed by atoms with van der Waals surface area (Å²) in [5.41, 5.74) is -0.0921. The third-order valence-corrected chi connectivity index (χ3v) is 4.69. The SMILES string of the molecule is N#C[C@@]1(C2CC2)CCN(c2ccnc(Nc3ncccn3)c2)C1=O. The number of nitrogens with one attached hydrogen (secondary N) is 1. The molecule has 4 rings (SSSR count). The molecule has 120 valence electrons. The van der Waals surface area contributed by atoms with E-state index in [9.17, 15) is 10.1 Å². The van der Waals surface area contributed by atoms with E-state index in [1.54, 1.807) is 41.7 Å². The van der Waals surface area contributed by atoms with Crippen molar-refractivity contribution in [2.45, 2.75) is 19.3 Å². The maximum atomic E-state index is 12.8. The number of hydrogen-bond donors (Lipinski definition) is 1. The van der Waals surface area contributed by atoms with Gasteiger partial charge in [-0.05, 0) is 37.3 Å². The average molecular weight is 320 g/mol. The monoisotopic (exact) mass is 320 g/mol. The van der Waals surface area contributed by atoms with E-state index in [-0.39, 0.29) is 11.8 Å². The number of anilines is 3. The van der Waals surface area contributed by atoms with E-state index in [0.717, 1.165) is 18.5 Å². The minimum absolute atomic E-state index is 0.0828. The number of aromatic nitrogens is 3. The van der Waals surface area contributed by atoms with Crippen LogP contribution in [0.1, 0.15) is 19.3 Å². The Hall–Kier alpha value is -3.01. The lowest BCUT2D eigenvalue weighted by Crippen LogP contribution is -2.35. The topological polar surface area (TPSA) is 94.8 Å². The predicted molar refractivity (Wildman–Crippen MR) is 87.3 cm³/mol. The number of carbonyl (C=O) groups is 1. The van der Waals surface area contributed by atoms with Crippen LogP contribution in [0.15, 0.2) is 36.8 Å². The molecule has 2 aromatic rings. The molecule has 0 spiro atoms. The fourth-order valence-electron chi connectivity index (χ4n) is 3.27. The average Bonchev–Trinajstić information content (AvgIpc) is 3.41. The summed E-state index contributed by atoms with van der Waals surface area (Å²) in [6.07, 6.45) is 7.46. The lowest BCUT2D eigenvalue weighted by Gasteiger charge is -2.21. The maximum absolute atomic E-state index is 12.8. The third-order valence-electron chi connectivity index (χ3n) is 4.69. The van der Waals surface area contributed by atoms with Gasteiger partial charge in [0.25, 0.3) is 0 Å². The van der Waals surface area contributed by atoms with Crippen LogP contribution in [0, 0.1) is 22.7 Å². The zero-order chi connectivity index (χ0) is 16.6. The van der Waals surface area contributed by atoms with Crippen molar-refractivity contribution in [1.82, 2.24) is 15.0 Å². The number of rotatable bonds is 4. The highest BCUT2D eigenvalue weighted by molar-refractivity contribution is 6.02. The summed E-state index contributed by atoms with van der Waals surface area (Å²) in [4.78, 5) is 27.0. The molecule has 1 N–H and O–H groups in total. The van der Waals surface area contributed by atoms with E-state index in [4.69, 9.17) is 0 Å². The van der Waals surface area contributed by atoms with Crippen molar-refractivity contribution in [3.63, 3.8) is 0 Å². The molecule has 1 atom stereocenters. The quantitative estimate of drug-likeness (QED) is 0.928. The van der Waals surface area contributed by atoms with Crippen molar-refractivity contribution < 1.29 is 4.79 Å². The second-order valence-corrected chi connectivity index (χ2v) is 6.16. The molecule has 0 aromatic carbocycles. The summed E-state index contributed by atoms with van der Waals surface area (Å²) in [6, 6.07) is 7.61. The first kappa shape index (κ1) is 14.6. The summed E-state index contributed by atoms with van der Waals surface area (Å²) >= 11 is 0. The van der Waals surface area contributed by atoms with Crippen LogP contribution in [0.5, 0.6) is 0 Å². The van der Waals surface area contributed by atoms with Crippen LogP contribution in [0.4, 0.5) is 17.5 Å². The Morgan fingerprint density at radius 1 is 1.25 bits per heavy atom. The first-order valence-electron chi connectivity index (χ1n) is 7.96. The van der Waals surface area contributed by atoms with Gasteiger partial charge in [-0.25, -0.2) is 15.0 Å². The molecule has 1 aliphatic heterocycles. The first-order chi connectivity index (χ1) is 11.7. The maximum Gasteiger partial charge on any atom is 0.247 e. The number of nitrogens with zero attached hydrogens (tertiary/aromatic N) is 5. The Labute approximate surface area is 139 Å². The summed E-state index contributed by atoms with van der Waals surface area (Å²) in [6.45, 7) is 0.564. The van der Waals surface area contributed by atoms with Gasteiger partial charge in [-0.3, -0.25) is 4.79 Å². The lowest BCUT2D eigenvalue weighted by molar-refractivity contribution is -0.123. The minimum atomic E-state index is -0.834. The summed E-state index contributed by atoms with van der Waals surface area (Å²) in [5.74, 6) is 1.14. The highest BCUT2D eigenvalue weighted by Gasteiger charge is 2.56. The Bertz CT molecular complexity index is 813. The largest absolute Gasteiger partial charge is 0.311 e. The second kappa shape index (κ2) is 5.57. The molecule has 7 heteroatoms. The van der Waals surface area contributed by atoms with Crippen molar-refractivity contribution in [3.05, 3.63) is 36.8 Å². The van der Waals surface area contributed by atoms with Gasteiger partial charge in [0.15, 0.2) is 0 Å². The zero-order valence-corrected chi connectivity index (χ0v) is 13.0. The Kier molecular flexibility index (Phi) is 3.38. The number of nitriles is 1. The van der Waals surface area contributed by atoms with Crippen LogP contribution in [0.25, 0.3) is 0 Å². The number of carbonyl (C=O) groups excluding carboxylic acids is 1. The van der Waals surface area contributed by atoms with Crippen molar-refractivity contribution in [1.29, 1.82) is 5.26 Å². The van der Waals surface area contributed by atoms with E-state index < -0.39 is 5.41 Å². The molecule has 0 bridgehead atoms. The zero-order valence-electron chi connectivity index (χ0n) is 13.0. The standard InChI is InChI=1S/C17H16N6O/c18-11-17(12-2-3-12)5-9-23(15(17)24)13-4-8-19-14(10-13)22-16-20-6-1-7-21-16/h1,4,6-8,10,12H,2-3,5,9H2,(H,19,20,21,22)/t17-/m1/s1. The number of pyridine rings is 1. The van der Waals surface area contributed by atoms with Gasteiger partial charge in [-0.15, -0.1) is 0 Å². The highest BCUT2D eigenvalue weighted by atomic mass is 16.2. The Morgan fingerprint density at radius 3 is 2.75 bits per heavy atom. The number of amides is 1. The van der Waals surface area contributed by atoms with Crippen LogP contribution < -0.4 is 10.2 Å². The van der Waals surface area contributed by atoms with Gasteiger partial charge in [0.2, 0.25) is 11.9 Å². The van der Waals surface area contributed by atoms with Gasteiger partial charge >= 0.3 is 0 Å². The second-order valence-electron chi connectivity index (χ2n) is 6.16. The van der Waals surface area contributed by atoms with Gasteiger partial charge in [0.05, 0.1) is 6.07 Å². The fourth-order valence-corrected chi connectivity index (χ4v) is 3.27. The molecule has 1 amide bonds. The van der Waals surface area contributed by atoms with Crippen LogP contribution in [0.3, 0.4) is 0 Å². The normalized spacial score (nSPS) is 23.1. The van der Waals surface area contributed by atoms with Crippen LogP contribution in [0.2, 0.25) is 0 Å². The van der Waals surface area contributed by atoms with Crippen molar-refractivity contribution >= 4 is 23.4 Å². The van der Waals surface area contributed by atoms with E-state index in [1.807, 2.05) is 0 Å². The first-order valence-corrected chi connectivity index (χ1v) is 7.96. The van der Waals surface area contributed by atoms with Gasteiger partial charge in [0.1, 0.15) is 11.2 Å². The van der Waals surface area contributed by atoms with E-state index in [0.29, 0.717) is 24.7 Å². The van der Waals surface area contributed by atoms with Gasteiger partial charge in [-0.1, -0.05) is 0 Å². The Morgan fingerprint density at radius 2 is 2.04 bits per heavy atom. The molecule has 1 aliphatic carbocycles. The molecule has 1 saturated carbocycles. The third kappa shape index (κ3) is 2.36. The molecule has 0 radical (unpaired) electrons. The van der Waals surface area contributed by atoms with E-state index in [2.05, 4.69) is 26.3 Å². The van der Waals surface area contributed by atoms with Gasteiger partial charge in [-0.2, -0.15) is 5.26 Å².